The van der Waals surface area contributed by atoms with E-state index >= 15 is 0 Å². The average Bonchev–Trinajstić information content (AvgIpc) is 2.87. The van der Waals surface area contributed by atoms with Gasteiger partial charge in [0, 0.05) is 26.5 Å². The summed E-state index contributed by atoms with van der Waals surface area (Å²) in [5.74, 6) is 2.38. The van der Waals surface area contributed by atoms with E-state index in [9.17, 15) is 0 Å². The summed E-state index contributed by atoms with van der Waals surface area (Å²) in [7, 11) is 3.70. The van der Waals surface area contributed by atoms with Crippen molar-refractivity contribution in [2.75, 3.05) is 24.7 Å². The van der Waals surface area contributed by atoms with Crippen LogP contribution in [0.5, 0.6) is 0 Å². The molecule has 3 aromatic heterocycles. The number of fused-ring (bicyclic) bond motifs is 1. The Morgan fingerprint density at radius 3 is 2.86 bits per heavy atom. The van der Waals surface area contributed by atoms with Gasteiger partial charge >= 0.3 is 0 Å². The number of anilines is 2. The smallest absolute Gasteiger partial charge is 0.253 e. The highest BCUT2D eigenvalue weighted by Gasteiger charge is 2.09. The molecule has 21 heavy (non-hydrogen) atoms. The van der Waals surface area contributed by atoms with Gasteiger partial charge in [0.2, 0.25) is 17.1 Å². The van der Waals surface area contributed by atoms with Crippen LogP contribution in [-0.4, -0.2) is 48.6 Å². The molecule has 3 rings (SSSR count). The van der Waals surface area contributed by atoms with Crippen LogP contribution in [0, 0.1) is 0 Å². The van der Waals surface area contributed by atoms with Crippen LogP contribution in [0.25, 0.3) is 5.78 Å². The van der Waals surface area contributed by atoms with E-state index in [0.717, 1.165) is 0 Å². The molecule has 0 saturated carbocycles. The fourth-order valence-corrected chi connectivity index (χ4v) is 2.27. The van der Waals surface area contributed by atoms with E-state index in [1.54, 1.807) is 27.9 Å². The number of hydrogen-bond donors (Lipinski definition) is 1. The van der Waals surface area contributed by atoms with Crippen LogP contribution in [0.3, 0.4) is 0 Å². The highest BCUT2D eigenvalue weighted by atomic mass is 32.2. The molecular formula is C11H13N9S. The van der Waals surface area contributed by atoms with Crippen LogP contribution in [0.1, 0.15) is 5.82 Å². The number of nitrogen functional groups attached to an aromatic ring is 1. The normalized spacial score (nSPS) is 11.0. The maximum absolute atomic E-state index is 5.68. The summed E-state index contributed by atoms with van der Waals surface area (Å²) in [6.07, 6.45) is 3.47. The van der Waals surface area contributed by atoms with Gasteiger partial charge in [0.1, 0.15) is 5.82 Å². The van der Waals surface area contributed by atoms with Gasteiger partial charge in [-0.05, 0) is 6.07 Å². The third kappa shape index (κ3) is 2.99. The van der Waals surface area contributed by atoms with Crippen LogP contribution in [0.15, 0.2) is 23.6 Å². The van der Waals surface area contributed by atoms with Crippen molar-refractivity contribution in [3.05, 3.63) is 24.3 Å². The summed E-state index contributed by atoms with van der Waals surface area (Å²) in [6.45, 7) is 0. The maximum Gasteiger partial charge on any atom is 0.253 e. The summed E-state index contributed by atoms with van der Waals surface area (Å²) in [4.78, 5) is 22.7. The number of thioether (sulfide) groups is 1. The van der Waals surface area contributed by atoms with Gasteiger partial charge in [0.05, 0.1) is 5.75 Å². The Kier molecular flexibility index (Phi) is 3.52. The zero-order valence-electron chi connectivity index (χ0n) is 11.5. The maximum atomic E-state index is 5.68. The molecule has 108 valence electrons. The Morgan fingerprint density at radius 2 is 2.10 bits per heavy atom. The van der Waals surface area contributed by atoms with Gasteiger partial charge in [-0.25, -0.2) is 9.50 Å². The molecule has 3 aromatic rings. The molecule has 9 nitrogen and oxygen atoms in total. The molecular weight excluding hydrogens is 290 g/mol. The first-order chi connectivity index (χ1) is 10.1. The molecule has 2 N–H and O–H groups in total. The number of hydrogen-bond acceptors (Lipinski definition) is 9. The summed E-state index contributed by atoms with van der Waals surface area (Å²) in [5, 5.41) is 4.91. The van der Waals surface area contributed by atoms with Crippen LogP contribution in [0.2, 0.25) is 0 Å². The zero-order valence-corrected chi connectivity index (χ0v) is 12.3. The number of rotatable bonds is 4. The minimum atomic E-state index is 0.203. The second kappa shape index (κ2) is 5.48. The zero-order chi connectivity index (χ0) is 14.8. The van der Waals surface area contributed by atoms with Crippen molar-refractivity contribution in [2.24, 2.45) is 0 Å². The highest BCUT2D eigenvalue weighted by Crippen LogP contribution is 2.18. The van der Waals surface area contributed by atoms with E-state index in [1.165, 1.54) is 11.8 Å². The SMILES string of the molecule is CN(C)c1nc(N)nc(CSc2nc3ncccn3n2)n1. The predicted molar refractivity (Wildman–Crippen MR) is 78.9 cm³/mol. The number of aromatic nitrogens is 7. The van der Waals surface area contributed by atoms with Crippen molar-refractivity contribution in [3.8, 4) is 0 Å². The quantitative estimate of drug-likeness (QED) is 0.678. The van der Waals surface area contributed by atoms with E-state index in [2.05, 4.69) is 30.0 Å². The van der Waals surface area contributed by atoms with Crippen molar-refractivity contribution in [3.63, 3.8) is 0 Å². The lowest BCUT2D eigenvalue weighted by Crippen LogP contribution is -2.15. The molecule has 0 unspecified atom stereocenters. The number of nitrogens with zero attached hydrogens (tertiary/aromatic N) is 8. The third-order valence-corrected chi connectivity index (χ3v) is 3.35. The Hall–Kier alpha value is -2.49. The number of nitrogens with two attached hydrogens (primary N) is 1. The van der Waals surface area contributed by atoms with Crippen molar-refractivity contribution in [1.29, 1.82) is 0 Å². The second-order valence-electron chi connectivity index (χ2n) is 4.35. The summed E-state index contributed by atoms with van der Waals surface area (Å²) >= 11 is 1.42. The first-order valence-corrected chi connectivity index (χ1v) is 7.08. The lowest BCUT2D eigenvalue weighted by molar-refractivity contribution is 0.876. The van der Waals surface area contributed by atoms with Crippen LogP contribution >= 0.6 is 11.8 Å². The average molecular weight is 303 g/mol. The van der Waals surface area contributed by atoms with Gasteiger partial charge in [0.25, 0.3) is 5.78 Å². The van der Waals surface area contributed by atoms with Crippen LogP contribution in [-0.2, 0) is 5.75 Å². The van der Waals surface area contributed by atoms with E-state index in [4.69, 9.17) is 5.73 Å². The predicted octanol–water partition coefficient (Wildman–Crippen LogP) is 0.250. The Morgan fingerprint density at radius 1 is 1.24 bits per heavy atom. The minimum absolute atomic E-state index is 0.203. The summed E-state index contributed by atoms with van der Waals surface area (Å²) in [6, 6.07) is 1.80. The molecule has 10 heteroatoms. The Balaban J connectivity index is 1.78. The standard InChI is InChI=1S/C11H13N9S/c1-19(2)10-15-7(14-8(12)16-10)6-21-11-17-9-13-4-3-5-20(9)18-11/h3-5H,6H2,1-2H3,(H2,12,14,15,16). The molecule has 0 spiro atoms. The largest absolute Gasteiger partial charge is 0.368 e. The van der Waals surface area contributed by atoms with Gasteiger partial charge in [-0.3, -0.25) is 0 Å². The van der Waals surface area contributed by atoms with Crippen molar-refractivity contribution in [1.82, 2.24) is 34.5 Å². The lowest BCUT2D eigenvalue weighted by Gasteiger charge is -2.10. The fourth-order valence-electron chi connectivity index (χ4n) is 1.59. The first kappa shape index (κ1) is 13.5. The summed E-state index contributed by atoms with van der Waals surface area (Å²) < 4.78 is 1.62. The first-order valence-electron chi connectivity index (χ1n) is 6.10. The molecule has 0 aliphatic rings. The molecule has 0 atom stereocenters. The van der Waals surface area contributed by atoms with E-state index < -0.39 is 0 Å². The van der Waals surface area contributed by atoms with Crippen molar-refractivity contribution in [2.45, 2.75) is 10.9 Å². The van der Waals surface area contributed by atoms with Crippen molar-refractivity contribution >= 4 is 29.4 Å². The molecule has 0 radical (unpaired) electrons. The Labute approximate surface area is 124 Å². The lowest BCUT2D eigenvalue weighted by atomic mass is 10.6. The van der Waals surface area contributed by atoms with Crippen LogP contribution in [0.4, 0.5) is 11.9 Å². The van der Waals surface area contributed by atoms with Gasteiger partial charge in [-0.2, -0.15) is 19.9 Å². The van der Waals surface area contributed by atoms with Crippen LogP contribution < -0.4 is 10.6 Å². The monoisotopic (exact) mass is 303 g/mol. The molecule has 0 aliphatic heterocycles. The molecule has 0 aromatic carbocycles. The molecule has 0 amide bonds. The van der Waals surface area contributed by atoms with E-state index in [-0.39, 0.29) is 5.95 Å². The molecule has 3 heterocycles. The van der Waals surface area contributed by atoms with Gasteiger partial charge in [-0.15, -0.1) is 5.10 Å². The summed E-state index contributed by atoms with van der Waals surface area (Å²) in [5.41, 5.74) is 5.68. The van der Waals surface area contributed by atoms with E-state index in [0.29, 0.717) is 28.5 Å². The molecule has 0 aliphatic carbocycles. The molecule has 0 fully saturated rings. The Bertz CT molecular complexity index is 736. The van der Waals surface area contributed by atoms with Gasteiger partial charge in [0.15, 0.2) is 0 Å². The van der Waals surface area contributed by atoms with Gasteiger partial charge < -0.3 is 10.6 Å². The second-order valence-corrected chi connectivity index (χ2v) is 5.29. The topological polar surface area (TPSA) is 111 Å². The van der Waals surface area contributed by atoms with E-state index in [1.807, 2.05) is 14.1 Å². The fraction of sp³-hybridized carbons (Fsp3) is 0.273. The van der Waals surface area contributed by atoms with Crippen molar-refractivity contribution < 1.29 is 0 Å². The highest BCUT2D eigenvalue weighted by molar-refractivity contribution is 7.98. The third-order valence-electron chi connectivity index (χ3n) is 2.51. The minimum Gasteiger partial charge on any atom is -0.368 e. The van der Waals surface area contributed by atoms with Gasteiger partial charge in [-0.1, -0.05) is 11.8 Å². The molecule has 0 bridgehead atoms. The molecule has 0 saturated heterocycles.